The van der Waals surface area contributed by atoms with Gasteiger partial charge in [-0.3, -0.25) is 9.59 Å². The fourth-order valence-corrected chi connectivity index (χ4v) is 2.67. The van der Waals surface area contributed by atoms with Crippen molar-refractivity contribution in [1.82, 2.24) is 0 Å². The molecule has 4 heteroatoms. The quantitative estimate of drug-likeness (QED) is 0.695. The molecule has 0 spiro atoms. The molecule has 0 bridgehead atoms. The number of esters is 2. The zero-order chi connectivity index (χ0) is 14.3. The third-order valence-corrected chi connectivity index (χ3v) is 4.32. The summed E-state index contributed by atoms with van der Waals surface area (Å²) in [6, 6.07) is 0. The standard InChI is InChI=1S/C15H26O4/c1-4-15(5-2,11-13(16)18-3)14(17)19-12-9-7-6-8-10-12/h12H,4-11H2,1-3H3. The van der Waals surface area contributed by atoms with Crippen molar-refractivity contribution in [2.75, 3.05) is 7.11 Å². The average molecular weight is 270 g/mol. The van der Waals surface area contributed by atoms with Crippen molar-refractivity contribution in [3.05, 3.63) is 0 Å². The Morgan fingerprint density at radius 3 is 2.16 bits per heavy atom. The van der Waals surface area contributed by atoms with E-state index in [0.29, 0.717) is 12.8 Å². The molecule has 1 fully saturated rings. The Kier molecular flexibility index (Phi) is 6.32. The summed E-state index contributed by atoms with van der Waals surface area (Å²) in [5.41, 5.74) is -0.718. The summed E-state index contributed by atoms with van der Waals surface area (Å²) < 4.78 is 10.3. The Bertz CT molecular complexity index is 301. The van der Waals surface area contributed by atoms with Crippen molar-refractivity contribution in [3.63, 3.8) is 0 Å². The number of carbonyl (C=O) groups excluding carboxylic acids is 2. The third kappa shape index (κ3) is 4.22. The molecule has 4 nitrogen and oxygen atoms in total. The highest BCUT2D eigenvalue weighted by molar-refractivity contribution is 5.83. The van der Waals surface area contributed by atoms with Crippen LogP contribution in [0.4, 0.5) is 0 Å². The van der Waals surface area contributed by atoms with E-state index in [1.165, 1.54) is 13.5 Å². The molecular weight excluding hydrogens is 244 g/mol. The highest BCUT2D eigenvalue weighted by Crippen LogP contribution is 2.34. The maximum atomic E-state index is 12.4. The van der Waals surface area contributed by atoms with E-state index < -0.39 is 5.41 Å². The number of ether oxygens (including phenoxy) is 2. The zero-order valence-electron chi connectivity index (χ0n) is 12.4. The zero-order valence-corrected chi connectivity index (χ0v) is 12.4. The molecule has 1 rings (SSSR count). The summed E-state index contributed by atoms with van der Waals surface area (Å²) in [6.45, 7) is 3.85. The van der Waals surface area contributed by atoms with Crippen molar-refractivity contribution < 1.29 is 19.1 Å². The Morgan fingerprint density at radius 2 is 1.68 bits per heavy atom. The van der Waals surface area contributed by atoms with Crippen LogP contribution in [0.3, 0.4) is 0 Å². The molecule has 0 aromatic carbocycles. The second-order valence-electron chi connectivity index (χ2n) is 5.41. The van der Waals surface area contributed by atoms with Gasteiger partial charge in [0.2, 0.25) is 0 Å². The third-order valence-electron chi connectivity index (χ3n) is 4.32. The predicted octanol–water partition coefficient (Wildman–Crippen LogP) is 3.23. The fraction of sp³-hybridized carbons (Fsp3) is 0.867. The predicted molar refractivity (Wildman–Crippen MR) is 72.6 cm³/mol. The van der Waals surface area contributed by atoms with Gasteiger partial charge in [0.25, 0.3) is 0 Å². The van der Waals surface area contributed by atoms with Gasteiger partial charge in [0.15, 0.2) is 0 Å². The Morgan fingerprint density at radius 1 is 1.11 bits per heavy atom. The van der Waals surface area contributed by atoms with Gasteiger partial charge in [0, 0.05) is 0 Å². The molecule has 0 radical (unpaired) electrons. The highest BCUT2D eigenvalue weighted by Gasteiger charge is 2.40. The van der Waals surface area contributed by atoms with E-state index in [1.54, 1.807) is 0 Å². The van der Waals surface area contributed by atoms with Gasteiger partial charge in [-0.15, -0.1) is 0 Å². The minimum absolute atomic E-state index is 0.0383. The van der Waals surface area contributed by atoms with Gasteiger partial charge in [0.05, 0.1) is 18.9 Å². The summed E-state index contributed by atoms with van der Waals surface area (Å²) in [7, 11) is 1.35. The second-order valence-corrected chi connectivity index (χ2v) is 5.41. The summed E-state index contributed by atoms with van der Waals surface area (Å²) in [5, 5.41) is 0. The van der Waals surface area contributed by atoms with Crippen LogP contribution in [0.15, 0.2) is 0 Å². The van der Waals surface area contributed by atoms with E-state index in [4.69, 9.17) is 9.47 Å². The first-order valence-corrected chi connectivity index (χ1v) is 7.36. The molecule has 110 valence electrons. The lowest BCUT2D eigenvalue weighted by Crippen LogP contribution is -2.37. The van der Waals surface area contributed by atoms with Gasteiger partial charge in [-0.1, -0.05) is 20.3 Å². The summed E-state index contributed by atoms with van der Waals surface area (Å²) in [4.78, 5) is 23.9. The molecule has 1 aliphatic carbocycles. The van der Waals surface area contributed by atoms with Crippen molar-refractivity contribution in [2.24, 2.45) is 5.41 Å². The molecule has 0 unspecified atom stereocenters. The van der Waals surface area contributed by atoms with Crippen LogP contribution in [0.5, 0.6) is 0 Å². The maximum Gasteiger partial charge on any atom is 0.312 e. The number of methoxy groups -OCH3 is 1. The van der Waals surface area contributed by atoms with Crippen LogP contribution in [-0.4, -0.2) is 25.2 Å². The van der Waals surface area contributed by atoms with Gasteiger partial charge >= 0.3 is 11.9 Å². The normalized spacial score (nSPS) is 17.0. The molecular formula is C15H26O4. The molecule has 0 heterocycles. The Hall–Kier alpha value is -1.06. The molecule has 0 aromatic heterocycles. The molecule has 0 aliphatic heterocycles. The van der Waals surface area contributed by atoms with Crippen LogP contribution in [0.2, 0.25) is 0 Å². The smallest absolute Gasteiger partial charge is 0.312 e. The van der Waals surface area contributed by atoms with Gasteiger partial charge in [-0.05, 0) is 38.5 Å². The molecule has 0 atom stereocenters. The molecule has 0 N–H and O–H groups in total. The Labute approximate surface area is 115 Å². The van der Waals surface area contributed by atoms with E-state index in [0.717, 1.165) is 25.7 Å². The minimum atomic E-state index is -0.718. The average Bonchev–Trinajstić information content (AvgIpc) is 2.45. The van der Waals surface area contributed by atoms with Crippen molar-refractivity contribution in [3.8, 4) is 0 Å². The van der Waals surface area contributed by atoms with Crippen molar-refractivity contribution >= 4 is 11.9 Å². The van der Waals surface area contributed by atoms with E-state index >= 15 is 0 Å². The van der Waals surface area contributed by atoms with E-state index in [1.807, 2.05) is 13.8 Å². The van der Waals surface area contributed by atoms with Crippen LogP contribution < -0.4 is 0 Å². The van der Waals surface area contributed by atoms with Crippen molar-refractivity contribution in [1.29, 1.82) is 0 Å². The SMILES string of the molecule is CCC(CC)(CC(=O)OC)C(=O)OC1CCCCC1. The van der Waals surface area contributed by atoms with E-state index in [2.05, 4.69) is 0 Å². The first-order chi connectivity index (χ1) is 9.07. The summed E-state index contributed by atoms with van der Waals surface area (Å²) in [6.07, 6.45) is 6.73. The van der Waals surface area contributed by atoms with Crippen molar-refractivity contribution in [2.45, 2.75) is 71.3 Å². The van der Waals surface area contributed by atoms with Gasteiger partial charge < -0.3 is 9.47 Å². The molecule has 1 aliphatic rings. The first-order valence-electron chi connectivity index (χ1n) is 7.36. The molecule has 0 amide bonds. The fourth-order valence-electron chi connectivity index (χ4n) is 2.67. The van der Waals surface area contributed by atoms with Crippen LogP contribution in [0, 0.1) is 5.41 Å². The molecule has 0 aromatic rings. The van der Waals surface area contributed by atoms with Crippen LogP contribution in [0.1, 0.15) is 65.2 Å². The van der Waals surface area contributed by atoms with Crippen LogP contribution in [-0.2, 0) is 19.1 Å². The lowest BCUT2D eigenvalue weighted by atomic mass is 9.79. The molecule has 19 heavy (non-hydrogen) atoms. The van der Waals surface area contributed by atoms with Gasteiger partial charge in [-0.2, -0.15) is 0 Å². The lowest BCUT2D eigenvalue weighted by Gasteiger charge is -2.31. The second kappa shape index (κ2) is 7.51. The Balaban J connectivity index is 2.67. The van der Waals surface area contributed by atoms with Gasteiger partial charge in [0.1, 0.15) is 6.10 Å². The highest BCUT2D eigenvalue weighted by atomic mass is 16.5. The van der Waals surface area contributed by atoms with Crippen LogP contribution in [0.25, 0.3) is 0 Å². The first kappa shape index (κ1) is 16.0. The molecule has 1 saturated carbocycles. The minimum Gasteiger partial charge on any atom is -0.469 e. The van der Waals surface area contributed by atoms with Gasteiger partial charge in [-0.25, -0.2) is 0 Å². The lowest BCUT2D eigenvalue weighted by molar-refractivity contribution is -0.168. The van der Waals surface area contributed by atoms with E-state index in [9.17, 15) is 9.59 Å². The molecule has 0 saturated heterocycles. The topological polar surface area (TPSA) is 52.6 Å². The summed E-state index contributed by atoms with van der Waals surface area (Å²) >= 11 is 0. The largest absolute Gasteiger partial charge is 0.469 e. The number of rotatable bonds is 6. The van der Waals surface area contributed by atoms with Crippen LogP contribution >= 0.6 is 0 Å². The maximum absolute atomic E-state index is 12.4. The number of hydrogen-bond acceptors (Lipinski definition) is 4. The number of hydrogen-bond donors (Lipinski definition) is 0. The monoisotopic (exact) mass is 270 g/mol. The summed E-state index contributed by atoms with van der Waals surface area (Å²) in [5.74, 6) is -0.570. The van der Waals surface area contributed by atoms with E-state index in [-0.39, 0.29) is 24.5 Å². The number of carbonyl (C=O) groups is 2.